The number of hydrogen-bond acceptors (Lipinski definition) is 5. The molecule has 0 spiro atoms. The summed E-state index contributed by atoms with van der Waals surface area (Å²) in [7, 11) is -2.04. The number of para-hydroxylation sites is 1. The van der Waals surface area contributed by atoms with Gasteiger partial charge in [-0.15, -0.1) is 0 Å². The summed E-state index contributed by atoms with van der Waals surface area (Å²) >= 11 is 0. The number of quaternary nitrogens is 1. The van der Waals surface area contributed by atoms with Crippen LogP contribution in [0.1, 0.15) is 21.7 Å². The minimum Gasteiger partial charge on any atom is -0.351 e. The van der Waals surface area contributed by atoms with E-state index < -0.39 is 20.6 Å². The van der Waals surface area contributed by atoms with Crippen molar-refractivity contribution in [3.63, 3.8) is 0 Å². The zero-order valence-electron chi connectivity index (χ0n) is 16.7. The molecular formula is C19H25N4O5S+. The summed E-state index contributed by atoms with van der Waals surface area (Å²) in [6.45, 7) is 5.51. The zero-order valence-corrected chi connectivity index (χ0v) is 17.5. The molecule has 0 aliphatic carbocycles. The molecule has 0 saturated carbocycles. The molecule has 2 heterocycles. The fourth-order valence-electron chi connectivity index (χ4n) is 3.64. The van der Waals surface area contributed by atoms with E-state index in [4.69, 9.17) is 0 Å². The van der Waals surface area contributed by atoms with Gasteiger partial charge in [0.15, 0.2) is 4.90 Å². The maximum Gasteiger partial charge on any atom is 0.289 e. The van der Waals surface area contributed by atoms with E-state index in [2.05, 4.69) is 0 Å². The smallest absolute Gasteiger partial charge is 0.289 e. The van der Waals surface area contributed by atoms with Crippen molar-refractivity contribution in [2.24, 2.45) is 7.05 Å². The lowest BCUT2D eigenvalue weighted by Gasteiger charge is -2.31. The fourth-order valence-corrected chi connectivity index (χ4v) is 5.24. The van der Waals surface area contributed by atoms with Crippen molar-refractivity contribution >= 4 is 21.5 Å². The van der Waals surface area contributed by atoms with Gasteiger partial charge in [0.05, 0.1) is 31.1 Å². The molecule has 1 saturated heterocycles. The molecule has 29 heavy (non-hydrogen) atoms. The van der Waals surface area contributed by atoms with E-state index in [1.54, 1.807) is 0 Å². The first kappa shape index (κ1) is 21.2. The topological polar surface area (TPSA) is 107 Å². The number of nitro groups is 1. The van der Waals surface area contributed by atoms with Gasteiger partial charge in [-0.05, 0) is 26.0 Å². The molecule has 1 aliphatic heterocycles. The quantitative estimate of drug-likeness (QED) is 0.411. The third kappa shape index (κ3) is 4.09. The first-order valence-corrected chi connectivity index (χ1v) is 10.8. The highest BCUT2D eigenvalue weighted by Crippen LogP contribution is 2.26. The van der Waals surface area contributed by atoms with E-state index in [1.807, 2.05) is 31.5 Å². The Balaban J connectivity index is 1.68. The third-order valence-electron chi connectivity index (χ3n) is 5.60. The van der Waals surface area contributed by atoms with Gasteiger partial charge in [0, 0.05) is 30.1 Å². The number of hydrogen-bond donors (Lipinski definition) is 1. The van der Waals surface area contributed by atoms with E-state index in [0.29, 0.717) is 25.2 Å². The lowest BCUT2D eigenvalue weighted by atomic mass is 10.1. The van der Waals surface area contributed by atoms with Crippen LogP contribution in [0.15, 0.2) is 35.2 Å². The zero-order chi connectivity index (χ0) is 21.3. The Morgan fingerprint density at radius 2 is 1.83 bits per heavy atom. The monoisotopic (exact) mass is 421 g/mol. The van der Waals surface area contributed by atoms with E-state index >= 15 is 0 Å². The van der Waals surface area contributed by atoms with Crippen molar-refractivity contribution in [1.82, 2.24) is 8.87 Å². The first-order valence-electron chi connectivity index (χ1n) is 9.36. The number of benzene rings is 1. The van der Waals surface area contributed by atoms with E-state index in [9.17, 15) is 23.3 Å². The van der Waals surface area contributed by atoms with Crippen LogP contribution in [0.5, 0.6) is 0 Å². The van der Waals surface area contributed by atoms with Gasteiger partial charge in [-0.2, -0.15) is 4.31 Å². The maximum absolute atomic E-state index is 12.9. The van der Waals surface area contributed by atoms with Crippen molar-refractivity contribution in [2.45, 2.75) is 18.7 Å². The standard InChI is InChI=1S/C19H24N4O5S/c1-14-12-16(15(2)20(14)3)18(24)13-21-8-10-22(11-9-21)29(27,28)19-7-5-4-6-17(19)23(25)26/h4-7,12H,8-11,13H2,1-3H3/p+1. The second-order valence-corrected chi connectivity index (χ2v) is 9.23. The van der Waals surface area contributed by atoms with Gasteiger partial charge >= 0.3 is 0 Å². The number of Topliss-reactive ketones (excluding diaryl/α,β-unsaturated/α-hetero) is 1. The summed E-state index contributed by atoms with van der Waals surface area (Å²) < 4.78 is 29.0. The number of carbonyl (C=O) groups is 1. The summed E-state index contributed by atoms with van der Waals surface area (Å²) in [5, 5.41) is 11.2. The first-order chi connectivity index (χ1) is 13.6. The summed E-state index contributed by atoms with van der Waals surface area (Å²) in [4.78, 5) is 23.9. The van der Waals surface area contributed by atoms with Crippen molar-refractivity contribution < 1.29 is 23.0 Å². The van der Waals surface area contributed by atoms with Gasteiger partial charge in [0.25, 0.3) is 5.69 Å². The molecule has 156 valence electrons. The Morgan fingerprint density at radius 1 is 1.21 bits per heavy atom. The van der Waals surface area contributed by atoms with Crippen LogP contribution in [0.25, 0.3) is 0 Å². The molecule has 1 aromatic carbocycles. The number of piperazine rings is 1. The van der Waals surface area contributed by atoms with Crippen molar-refractivity contribution in [1.29, 1.82) is 0 Å². The number of rotatable bonds is 6. The lowest BCUT2D eigenvalue weighted by molar-refractivity contribution is -0.895. The number of sulfonamides is 1. The van der Waals surface area contributed by atoms with Crippen LogP contribution in [0.2, 0.25) is 0 Å². The number of nitro benzene ring substituents is 1. The lowest BCUT2D eigenvalue weighted by Crippen LogP contribution is -3.15. The van der Waals surface area contributed by atoms with Crippen molar-refractivity contribution in [3.8, 4) is 0 Å². The summed E-state index contributed by atoms with van der Waals surface area (Å²) in [6, 6.07) is 7.25. The molecule has 0 radical (unpaired) electrons. The largest absolute Gasteiger partial charge is 0.351 e. The van der Waals surface area contributed by atoms with Gasteiger partial charge < -0.3 is 9.47 Å². The van der Waals surface area contributed by atoms with Gasteiger partial charge in [-0.25, -0.2) is 8.42 Å². The molecular weight excluding hydrogens is 396 g/mol. The molecule has 1 fully saturated rings. The Hall–Kier alpha value is -2.56. The molecule has 0 amide bonds. The SMILES string of the molecule is Cc1cc(C(=O)C[NH+]2CCN(S(=O)(=O)c3ccccc3[N+](=O)[O-])CC2)c(C)n1C. The molecule has 9 nitrogen and oxygen atoms in total. The number of aryl methyl sites for hydroxylation is 1. The minimum absolute atomic E-state index is 0.0382. The average Bonchev–Trinajstić information content (AvgIpc) is 2.96. The Kier molecular flexibility index (Phi) is 5.87. The number of nitrogens with one attached hydrogen (secondary N) is 1. The molecule has 1 aromatic heterocycles. The molecule has 0 unspecified atom stereocenters. The van der Waals surface area contributed by atoms with Gasteiger partial charge in [0.1, 0.15) is 6.54 Å². The highest BCUT2D eigenvalue weighted by Gasteiger charge is 2.35. The Morgan fingerprint density at radius 3 is 2.38 bits per heavy atom. The van der Waals surface area contributed by atoms with Crippen LogP contribution in [0.3, 0.4) is 0 Å². The second-order valence-electron chi connectivity index (χ2n) is 7.32. The third-order valence-corrected chi connectivity index (χ3v) is 7.54. The summed E-state index contributed by atoms with van der Waals surface area (Å²) in [6.07, 6.45) is 0. The minimum atomic E-state index is -3.96. The Labute approximate surface area is 169 Å². The second kappa shape index (κ2) is 8.05. The van der Waals surface area contributed by atoms with Gasteiger partial charge in [-0.1, -0.05) is 12.1 Å². The van der Waals surface area contributed by atoms with Crippen molar-refractivity contribution in [2.75, 3.05) is 32.7 Å². The number of aromatic nitrogens is 1. The van der Waals surface area contributed by atoms with Crippen LogP contribution in [0, 0.1) is 24.0 Å². The maximum atomic E-state index is 12.9. The van der Waals surface area contributed by atoms with Crippen LogP contribution >= 0.6 is 0 Å². The summed E-state index contributed by atoms with van der Waals surface area (Å²) in [5.41, 5.74) is 2.21. The highest BCUT2D eigenvalue weighted by atomic mass is 32.2. The predicted molar refractivity (Wildman–Crippen MR) is 107 cm³/mol. The molecule has 0 bridgehead atoms. The molecule has 0 atom stereocenters. The van der Waals surface area contributed by atoms with Crippen LogP contribution in [0.4, 0.5) is 5.69 Å². The number of carbonyl (C=O) groups excluding carboxylic acids is 1. The normalized spacial score (nSPS) is 16.1. The van der Waals surface area contributed by atoms with Crippen molar-refractivity contribution in [3.05, 3.63) is 57.4 Å². The van der Waals surface area contributed by atoms with Crippen LogP contribution in [-0.2, 0) is 17.1 Å². The molecule has 1 aliphatic rings. The average molecular weight is 421 g/mol. The van der Waals surface area contributed by atoms with Gasteiger partial charge in [0.2, 0.25) is 15.8 Å². The molecule has 3 rings (SSSR count). The Bertz CT molecular complexity index is 1050. The number of ketones is 1. The molecule has 2 aromatic rings. The fraction of sp³-hybridized carbons (Fsp3) is 0.421. The number of nitrogens with zero attached hydrogens (tertiary/aromatic N) is 3. The predicted octanol–water partition coefficient (Wildman–Crippen LogP) is 0.322. The van der Waals surface area contributed by atoms with E-state index in [0.717, 1.165) is 16.3 Å². The van der Waals surface area contributed by atoms with Gasteiger partial charge in [-0.3, -0.25) is 14.9 Å². The van der Waals surface area contributed by atoms with Crippen LogP contribution < -0.4 is 4.90 Å². The molecule has 10 heteroatoms. The van der Waals surface area contributed by atoms with Crippen LogP contribution in [-0.4, -0.2) is 60.7 Å². The van der Waals surface area contributed by atoms with E-state index in [-0.39, 0.29) is 23.8 Å². The molecule has 1 N–H and O–H groups in total. The summed E-state index contributed by atoms with van der Waals surface area (Å²) in [5.74, 6) is 0.0382. The highest BCUT2D eigenvalue weighted by molar-refractivity contribution is 7.89. The van der Waals surface area contributed by atoms with E-state index in [1.165, 1.54) is 28.6 Å².